The van der Waals surface area contributed by atoms with Gasteiger partial charge in [-0.1, -0.05) is 30.3 Å². The highest BCUT2D eigenvalue weighted by Gasteiger charge is 2.31. The van der Waals surface area contributed by atoms with E-state index in [1.807, 2.05) is 30.6 Å². The van der Waals surface area contributed by atoms with Crippen LogP contribution < -0.4 is 0 Å². The smallest absolute Gasteiger partial charge is 0.256 e. The molecule has 1 N–H and O–H groups in total. The molecule has 2 aromatic rings. The van der Waals surface area contributed by atoms with Gasteiger partial charge in [0.15, 0.2) is 6.10 Å². The summed E-state index contributed by atoms with van der Waals surface area (Å²) < 4.78 is 0. The molecule has 1 aromatic carbocycles. The van der Waals surface area contributed by atoms with Crippen LogP contribution in [-0.2, 0) is 11.3 Å². The van der Waals surface area contributed by atoms with Crippen LogP contribution in [0.4, 0.5) is 0 Å². The molecule has 0 aliphatic carbocycles. The van der Waals surface area contributed by atoms with Crippen LogP contribution in [-0.4, -0.2) is 52.5 Å². The summed E-state index contributed by atoms with van der Waals surface area (Å²) in [6.07, 6.45) is -0.0725. The topological polar surface area (TPSA) is 56.7 Å². The minimum atomic E-state index is -1.06. The zero-order chi connectivity index (χ0) is 17.8. The second kappa shape index (κ2) is 8.08. The molecule has 1 saturated heterocycles. The maximum atomic E-state index is 12.5. The minimum absolute atomic E-state index is 0.186. The van der Waals surface area contributed by atoms with Gasteiger partial charge in [-0.15, -0.1) is 11.3 Å². The largest absolute Gasteiger partial charge is 0.378 e. The quantitative estimate of drug-likeness (QED) is 0.861. The van der Waals surface area contributed by atoms with Gasteiger partial charge >= 0.3 is 0 Å². The fraction of sp³-hybridized carbons (Fsp3) is 0.474. The molecule has 3 rings (SSSR count). The zero-order valence-electron chi connectivity index (χ0n) is 14.8. The minimum Gasteiger partial charge on any atom is -0.378 e. The van der Waals surface area contributed by atoms with Crippen molar-refractivity contribution in [3.05, 3.63) is 52.0 Å². The molecule has 0 unspecified atom stereocenters. The van der Waals surface area contributed by atoms with Gasteiger partial charge in [0.25, 0.3) is 5.91 Å². The molecule has 1 aliphatic heterocycles. The van der Waals surface area contributed by atoms with Crippen LogP contribution in [0, 0.1) is 12.8 Å². The Kier molecular flexibility index (Phi) is 5.83. The van der Waals surface area contributed by atoms with Crippen LogP contribution in [0.15, 0.2) is 35.8 Å². The molecule has 0 spiro atoms. The fourth-order valence-electron chi connectivity index (χ4n) is 3.36. The van der Waals surface area contributed by atoms with Gasteiger partial charge in [-0.25, -0.2) is 4.98 Å². The Labute approximate surface area is 152 Å². The van der Waals surface area contributed by atoms with Gasteiger partial charge in [0.2, 0.25) is 0 Å². The first-order chi connectivity index (χ1) is 12.0. The summed E-state index contributed by atoms with van der Waals surface area (Å²) in [5, 5.41) is 10.3. The zero-order valence-corrected chi connectivity index (χ0v) is 15.6. The summed E-state index contributed by atoms with van der Waals surface area (Å²) in [5.41, 5.74) is 3.65. The Hall–Kier alpha value is -1.76. The highest BCUT2D eigenvalue weighted by atomic mass is 32.1. The lowest BCUT2D eigenvalue weighted by atomic mass is 10.1. The van der Waals surface area contributed by atoms with E-state index in [9.17, 15) is 9.90 Å². The van der Waals surface area contributed by atoms with Crippen LogP contribution in [0.25, 0.3) is 0 Å². The number of amides is 1. The van der Waals surface area contributed by atoms with E-state index >= 15 is 0 Å². The van der Waals surface area contributed by atoms with E-state index in [1.54, 1.807) is 28.4 Å². The number of aromatic nitrogens is 1. The normalized spacial score (nSPS) is 18.7. The monoisotopic (exact) mass is 359 g/mol. The summed E-state index contributed by atoms with van der Waals surface area (Å²) in [4.78, 5) is 22.2. The van der Waals surface area contributed by atoms with Crippen molar-refractivity contribution in [1.82, 2.24) is 14.8 Å². The number of hydrogen-bond donors (Lipinski definition) is 1. The van der Waals surface area contributed by atoms with Crippen molar-refractivity contribution >= 4 is 17.2 Å². The molecule has 2 heterocycles. The first-order valence-corrected chi connectivity index (χ1v) is 9.52. The van der Waals surface area contributed by atoms with Crippen molar-refractivity contribution in [3.8, 4) is 0 Å². The first-order valence-electron chi connectivity index (χ1n) is 8.64. The summed E-state index contributed by atoms with van der Waals surface area (Å²) in [7, 11) is 2.11. The molecule has 5 nitrogen and oxygen atoms in total. The van der Waals surface area contributed by atoms with E-state index in [-0.39, 0.29) is 5.91 Å². The van der Waals surface area contributed by atoms with E-state index < -0.39 is 6.10 Å². The lowest BCUT2D eigenvalue weighted by molar-refractivity contribution is -0.139. The maximum Gasteiger partial charge on any atom is 0.256 e. The summed E-state index contributed by atoms with van der Waals surface area (Å²) in [6.45, 7) is 5.33. The number of hydrogen-bond acceptors (Lipinski definition) is 5. The number of thiazole rings is 1. The predicted molar refractivity (Wildman–Crippen MR) is 99.3 cm³/mol. The highest BCUT2D eigenvalue weighted by Crippen LogP contribution is 2.23. The Morgan fingerprint density at radius 3 is 2.88 bits per heavy atom. The van der Waals surface area contributed by atoms with E-state index in [0.717, 1.165) is 38.3 Å². The average molecular weight is 359 g/mol. The van der Waals surface area contributed by atoms with Gasteiger partial charge in [0, 0.05) is 31.1 Å². The Bertz CT molecular complexity index is 704. The first kappa shape index (κ1) is 18.0. The molecule has 0 saturated carbocycles. The lowest BCUT2D eigenvalue weighted by Crippen LogP contribution is -2.34. The molecule has 0 radical (unpaired) electrons. The van der Waals surface area contributed by atoms with Crippen molar-refractivity contribution in [2.75, 3.05) is 26.7 Å². The van der Waals surface area contributed by atoms with Gasteiger partial charge in [-0.3, -0.25) is 4.79 Å². The Balaban J connectivity index is 1.51. The third-order valence-corrected chi connectivity index (χ3v) is 5.69. The molecule has 1 amide bonds. The second-order valence-electron chi connectivity index (χ2n) is 6.81. The third kappa shape index (κ3) is 4.45. The van der Waals surface area contributed by atoms with Gasteiger partial charge in [-0.2, -0.15) is 0 Å². The highest BCUT2D eigenvalue weighted by molar-refractivity contribution is 7.09. The van der Waals surface area contributed by atoms with E-state index in [2.05, 4.69) is 16.9 Å². The molecule has 25 heavy (non-hydrogen) atoms. The number of likely N-dealkylation sites (tertiary alicyclic amines) is 1. The van der Waals surface area contributed by atoms with Gasteiger partial charge in [0.1, 0.15) is 0 Å². The number of aliphatic hydroxyl groups excluding tert-OH is 1. The van der Waals surface area contributed by atoms with Crippen molar-refractivity contribution in [3.63, 3.8) is 0 Å². The van der Waals surface area contributed by atoms with Crippen LogP contribution in [0.5, 0.6) is 0 Å². The number of carbonyl (C=O) groups is 1. The Morgan fingerprint density at radius 1 is 1.44 bits per heavy atom. The molecule has 134 valence electrons. The van der Waals surface area contributed by atoms with Crippen LogP contribution in [0.2, 0.25) is 0 Å². The summed E-state index contributed by atoms with van der Waals surface area (Å²) in [6, 6.07) is 9.15. The number of rotatable bonds is 6. The van der Waals surface area contributed by atoms with E-state index in [4.69, 9.17) is 0 Å². The molecule has 1 aromatic heterocycles. The Morgan fingerprint density at radius 2 is 2.20 bits per heavy atom. The number of benzene rings is 1. The molecule has 1 fully saturated rings. The van der Waals surface area contributed by atoms with Crippen molar-refractivity contribution in [2.24, 2.45) is 5.92 Å². The number of nitrogens with zero attached hydrogens (tertiary/aromatic N) is 3. The molecular weight excluding hydrogens is 334 g/mol. The molecule has 2 atom stereocenters. The third-order valence-electron chi connectivity index (χ3n) is 4.78. The van der Waals surface area contributed by atoms with E-state index in [1.165, 1.54) is 4.88 Å². The van der Waals surface area contributed by atoms with Gasteiger partial charge < -0.3 is 14.9 Å². The maximum absolute atomic E-state index is 12.5. The summed E-state index contributed by atoms with van der Waals surface area (Å²) in [5.74, 6) is 0.264. The fourth-order valence-corrected chi connectivity index (χ4v) is 4.22. The van der Waals surface area contributed by atoms with Crippen molar-refractivity contribution in [1.29, 1.82) is 0 Å². The number of aryl methyl sites for hydroxylation is 1. The van der Waals surface area contributed by atoms with Crippen LogP contribution in [0.3, 0.4) is 0 Å². The summed E-state index contributed by atoms with van der Waals surface area (Å²) >= 11 is 1.69. The second-order valence-corrected chi connectivity index (χ2v) is 7.75. The van der Waals surface area contributed by atoms with Crippen LogP contribution >= 0.6 is 11.3 Å². The van der Waals surface area contributed by atoms with Gasteiger partial charge in [0.05, 0.1) is 11.2 Å². The van der Waals surface area contributed by atoms with Crippen molar-refractivity contribution in [2.45, 2.75) is 26.0 Å². The van der Waals surface area contributed by atoms with Crippen molar-refractivity contribution < 1.29 is 9.90 Å². The number of aliphatic hydroxyl groups is 1. The average Bonchev–Trinajstić information content (AvgIpc) is 3.24. The van der Waals surface area contributed by atoms with E-state index in [0.29, 0.717) is 11.5 Å². The standard InChI is InChI=1S/C19H25N3O2S/c1-14-17(25-13-20-14)12-21(2)10-15-8-9-22(11-15)19(24)18(23)16-6-4-3-5-7-16/h3-7,13,15,18,23H,8-12H2,1-2H3/t15-,18-/m1/s1. The number of carbonyl (C=O) groups excluding carboxylic acids is 1. The molecule has 6 heteroatoms. The molecule has 1 aliphatic rings. The lowest BCUT2D eigenvalue weighted by Gasteiger charge is -2.22. The van der Waals surface area contributed by atoms with Gasteiger partial charge in [-0.05, 0) is 31.9 Å². The SMILES string of the molecule is Cc1ncsc1CN(C)C[C@H]1CCN(C(=O)[C@H](O)c2ccccc2)C1. The molecule has 0 bridgehead atoms. The van der Waals surface area contributed by atoms with Crippen LogP contribution in [0.1, 0.15) is 28.7 Å². The molecular formula is C19H25N3O2S. The predicted octanol–water partition coefficient (Wildman–Crippen LogP) is 2.47.